The molecule has 0 aliphatic heterocycles. The van der Waals surface area contributed by atoms with Crippen LogP contribution in [0.1, 0.15) is 17.2 Å². The van der Waals surface area contributed by atoms with Crippen molar-refractivity contribution in [3.63, 3.8) is 0 Å². The van der Waals surface area contributed by atoms with Crippen LogP contribution in [0.3, 0.4) is 0 Å². The number of aryl methyl sites for hydroxylation is 1. The summed E-state index contributed by atoms with van der Waals surface area (Å²) in [4.78, 5) is 10.4. The van der Waals surface area contributed by atoms with Gasteiger partial charge in [-0.2, -0.15) is 13.2 Å². The Morgan fingerprint density at radius 2 is 2.00 bits per heavy atom. The van der Waals surface area contributed by atoms with E-state index >= 15 is 0 Å². The molecule has 0 fully saturated rings. The summed E-state index contributed by atoms with van der Waals surface area (Å²) < 4.78 is 36.8. The number of anilines is 1. The van der Waals surface area contributed by atoms with E-state index in [1.807, 2.05) is 6.92 Å². The number of alkyl halides is 3. The molecule has 0 atom stereocenters. The second-order valence-electron chi connectivity index (χ2n) is 3.78. The maximum Gasteiger partial charge on any atom is 0.433 e. The van der Waals surface area contributed by atoms with E-state index in [-0.39, 0.29) is 0 Å². The van der Waals surface area contributed by atoms with E-state index in [0.717, 1.165) is 23.8 Å². The second-order valence-corrected chi connectivity index (χ2v) is 3.78. The Bertz CT molecular complexity index is 516. The van der Waals surface area contributed by atoms with Crippen molar-refractivity contribution >= 4 is 5.69 Å². The van der Waals surface area contributed by atoms with Gasteiger partial charge in [-0.3, -0.25) is 0 Å². The molecule has 0 amide bonds. The standard InChI is InChI=1S/C11H11F3N4/c1-7-15-5-9(18-7)6-16-8-2-3-10(17-4-8)11(12,13)14/h2-5,16H,6H2,1H3,(H,15,18). The zero-order chi connectivity index (χ0) is 13.2. The normalized spacial score (nSPS) is 11.6. The predicted molar refractivity (Wildman–Crippen MR) is 59.9 cm³/mol. The Balaban J connectivity index is 1.98. The van der Waals surface area contributed by atoms with Crippen molar-refractivity contribution in [2.75, 3.05) is 5.32 Å². The summed E-state index contributed by atoms with van der Waals surface area (Å²) in [6, 6.07) is 2.29. The van der Waals surface area contributed by atoms with Gasteiger partial charge in [0.25, 0.3) is 0 Å². The molecule has 2 aromatic rings. The molecule has 2 aromatic heterocycles. The average Bonchev–Trinajstić information content (AvgIpc) is 2.72. The highest BCUT2D eigenvalue weighted by atomic mass is 19.4. The van der Waals surface area contributed by atoms with Crippen LogP contribution in [-0.4, -0.2) is 15.0 Å². The van der Waals surface area contributed by atoms with Gasteiger partial charge in [0.05, 0.1) is 30.3 Å². The topological polar surface area (TPSA) is 53.6 Å². The van der Waals surface area contributed by atoms with Crippen LogP contribution < -0.4 is 5.32 Å². The minimum absolute atomic E-state index is 0.452. The van der Waals surface area contributed by atoms with Crippen LogP contribution in [0.5, 0.6) is 0 Å². The highest BCUT2D eigenvalue weighted by Gasteiger charge is 2.31. The first-order valence-corrected chi connectivity index (χ1v) is 5.23. The van der Waals surface area contributed by atoms with Crippen molar-refractivity contribution in [2.45, 2.75) is 19.6 Å². The Hall–Kier alpha value is -2.05. The molecule has 2 heterocycles. The van der Waals surface area contributed by atoms with Crippen LogP contribution in [0.2, 0.25) is 0 Å². The number of nitrogens with zero attached hydrogens (tertiary/aromatic N) is 2. The van der Waals surface area contributed by atoms with Crippen molar-refractivity contribution in [3.05, 3.63) is 41.7 Å². The third-order valence-electron chi connectivity index (χ3n) is 2.29. The van der Waals surface area contributed by atoms with Gasteiger partial charge in [-0.1, -0.05) is 0 Å². The molecule has 0 unspecified atom stereocenters. The lowest BCUT2D eigenvalue weighted by Gasteiger charge is -2.07. The summed E-state index contributed by atoms with van der Waals surface area (Å²) in [5, 5.41) is 2.95. The molecule has 0 spiro atoms. The SMILES string of the molecule is Cc1ncc(CNc2ccc(C(F)(F)F)nc2)[nH]1. The largest absolute Gasteiger partial charge is 0.433 e. The monoisotopic (exact) mass is 256 g/mol. The molecule has 0 aromatic carbocycles. The lowest BCUT2D eigenvalue weighted by Crippen LogP contribution is -2.08. The molecule has 2 N–H and O–H groups in total. The lowest BCUT2D eigenvalue weighted by atomic mass is 10.3. The quantitative estimate of drug-likeness (QED) is 0.887. The van der Waals surface area contributed by atoms with Crippen LogP contribution in [0, 0.1) is 6.92 Å². The zero-order valence-electron chi connectivity index (χ0n) is 9.54. The van der Waals surface area contributed by atoms with E-state index in [0.29, 0.717) is 12.2 Å². The summed E-state index contributed by atoms with van der Waals surface area (Å²) >= 11 is 0. The molecular formula is C11H11F3N4. The van der Waals surface area contributed by atoms with E-state index in [9.17, 15) is 13.2 Å². The smallest absolute Gasteiger partial charge is 0.378 e. The predicted octanol–water partition coefficient (Wildman–Crippen LogP) is 2.74. The first kappa shape index (κ1) is 12.4. The van der Waals surface area contributed by atoms with Crippen LogP contribution in [0.15, 0.2) is 24.5 Å². The molecular weight excluding hydrogens is 245 g/mol. The highest BCUT2D eigenvalue weighted by molar-refractivity contribution is 5.41. The summed E-state index contributed by atoms with van der Waals surface area (Å²) in [6.07, 6.45) is -1.58. The van der Waals surface area contributed by atoms with Gasteiger partial charge in [0, 0.05) is 0 Å². The van der Waals surface area contributed by atoms with Crippen LogP contribution in [0.4, 0.5) is 18.9 Å². The number of pyridine rings is 1. The number of rotatable bonds is 3. The maximum absolute atomic E-state index is 12.3. The van der Waals surface area contributed by atoms with Crippen LogP contribution in [-0.2, 0) is 12.7 Å². The van der Waals surface area contributed by atoms with Crippen molar-refractivity contribution in [1.82, 2.24) is 15.0 Å². The van der Waals surface area contributed by atoms with E-state index < -0.39 is 11.9 Å². The summed E-state index contributed by atoms with van der Waals surface area (Å²) in [6.45, 7) is 2.27. The van der Waals surface area contributed by atoms with Gasteiger partial charge in [0.2, 0.25) is 0 Å². The minimum Gasteiger partial charge on any atom is -0.378 e. The molecule has 96 valence electrons. The molecule has 18 heavy (non-hydrogen) atoms. The number of halogens is 3. The highest BCUT2D eigenvalue weighted by Crippen LogP contribution is 2.27. The van der Waals surface area contributed by atoms with Gasteiger partial charge < -0.3 is 10.3 Å². The van der Waals surface area contributed by atoms with E-state index in [1.54, 1.807) is 6.20 Å². The fourth-order valence-electron chi connectivity index (χ4n) is 1.42. The Morgan fingerprint density at radius 3 is 2.50 bits per heavy atom. The molecule has 0 saturated carbocycles. The third kappa shape index (κ3) is 2.99. The van der Waals surface area contributed by atoms with Crippen molar-refractivity contribution in [1.29, 1.82) is 0 Å². The van der Waals surface area contributed by atoms with Crippen molar-refractivity contribution in [3.8, 4) is 0 Å². The maximum atomic E-state index is 12.3. The van der Waals surface area contributed by atoms with Gasteiger partial charge in [-0.25, -0.2) is 9.97 Å². The molecule has 0 radical (unpaired) electrons. The molecule has 0 aliphatic rings. The van der Waals surface area contributed by atoms with Crippen molar-refractivity contribution in [2.24, 2.45) is 0 Å². The fourth-order valence-corrected chi connectivity index (χ4v) is 1.42. The summed E-state index contributed by atoms with van der Waals surface area (Å²) in [5.41, 5.74) is 0.480. The molecule has 4 nitrogen and oxygen atoms in total. The van der Waals surface area contributed by atoms with Gasteiger partial charge >= 0.3 is 6.18 Å². The van der Waals surface area contributed by atoms with Gasteiger partial charge in [-0.15, -0.1) is 0 Å². The molecule has 7 heteroatoms. The Kier molecular flexibility index (Phi) is 3.22. The Morgan fingerprint density at radius 1 is 1.22 bits per heavy atom. The minimum atomic E-state index is -4.40. The van der Waals surface area contributed by atoms with E-state index in [1.165, 1.54) is 6.07 Å². The second kappa shape index (κ2) is 4.67. The first-order valence-electron chi connectivity index (χ1n) is 5.23. The van der Waals surface area contributed by atoms with Gasteiger partial charge in [0.15, 0.2) is 0 Å². The number of hydrogen-bond acceptors (Lipinski definition) is 3. The number of imidazole rings is 1. The van der Waals surface area contributed by atoms with E-state index in [2.05, 4.69) is 20.3 Å². The first-order chi connectivity index (χ1) is 8.45. The number of aromatic nitrogens is 3. The number of aromatic amines is 1. The molecule has 0 aliphatic carbocycles. The number of H-pyrrole nitrogens is 1. The van der Waals surface area contributed by atoms with Crippen molar-refractivity contribution < 1.29 is 13.2 Å². The molecule has 0 saturated heterocycles. The third-order valence-corrected chi connectivity index (χ3v) is 2.29. The average molecular weight is 256 g/mol. The van der Waals surface area contributed by atoms with E-state index in [4.69, 9.17) is 0 Å². The number of nitrogens with one attached hydrogen (secondary N) is 2. The zero-order valence-corrected chi connectivity index (χ0v) is 9.54. The van der Waals surface area contributed by atoms with Gasteiger partial charge in [0.1, 0.15) is 11.5 Å². The molecule has 2 rings (SSSR count). The summed E-state index contributed by atoms with van der Waals surface area (Å²) in [5.74, 6) is 0.789. The Labute approximate surface area is 101 Å². The lowest BCUT2D eigenvalue weighted by molar-refractivity contribution is -0.141. The van der Waals surface area contributed by atoms with Crippen LogP contribution in [0.25, 0.3) is 0 Å². The van der Waals surface area contributed by atoms with Crippen LogP contribution >= 0.6 is 0 Å². The van der Waals surface area contributed by atoms with Gasteiger partial charge in [-0.05, 0) is 19.1 Å². The molecule has 0 bridgehead atoms. The summed E-state index contributed by atoms with van der Waals surface area (Å²) in [7, 11) is 0. The number of hydrogen-bond donors (Lipinski definition) is 2. The fraction of sp³-hybridized carbons (Fsp3) is 0.273.